The topological polar surface area (TPSA) is 265 Å². The van der Waals surface area contributed by atoms with Gasteiger partial charge >= 0.3 is 0 Å². The van der Waals surface area contributed by atoms with Crippen molar-refractivity contribution in [2.24, 2.45) is 16.9 Å². The standard InChI is InChI=1S/C24H21FN4O2S.C23H23FN4O2S.C23H24N4O2S.C22H22FN3O4S/c1-15-11-16(5-7-19(15)27-4)28-21(30)23(2,3)29(22(28)32)17-6-8-20(18(25)12-17)31-14-24(13-26)9-10-24;1-14-11-15(5-7-18(14)26-4)27-20(29)22(2,3)28(21(27)31)16-6-8-19(17(24)12-16)30-13-23(25)9-10-23;1-15-13-17(7-10-19(15)25-4)26-20(28)22(2,3)27(21(26)30)16-5-8-18(9-6-16)29-14-23(24)11-12-23;1-13-9-14(5-7-18(13)24-4)25-20(29)22(2,3)26(21(25)31)15-6-8-19(17(23)10-15)30-16(11-27)12-28/h5-8,11-12H,9-10,14H2,1-3H3;5-8,11-12H,9-10,13,25H2,1-3H3;5-10,13H,11-12,14,24H2,1-3H3;5-10,16,27-28H,11-12H2,1-3H3. The van der Waals surface area contributed by atoms with Gasteiger partial charge in [-0.3, -0.25) is 38.8 Å². The van der Waals surface area contributed by atoms with Crippen molar-refractivity contribution in [3.05, 3.63) is 237 Å². The van der Waals surface area contributed by atoms with E-state index in [0.717, 1.165) is 66.7 Å². The summed E-state index contributed by atoms with van der Waals surface area (Å²) in [6.07, 6.45) is 4.31. The summed E-state index contributed by atoms with van der Waals surface area (Å²) in [7, 11) is 0. The lowest BCUT2D eigenvalue weighted by molar-refractivity contribution is -0.121. The number of anilines is 8. The fourth-order valence-corrected chi connectivity index (χ4v) is 16.5. The number of hydrogen-bond donors (Lipinski definition) is 4. The van der Waals surface area contributed by atoms with Gasteiger partial charge in [-0.2, -0.15) is 5.26 Å². The molecule has 638 valence electrons. The predicted octanol–water partition coefficient (Wildman–Crippen LogP) is 17.4. The number of nitriles is 1. The molecule has 6 N–H and O–H groups in total. The number of aliphatic hydroxyl groups excluding tert-OH is 2. The molecule has 4 amide bonds. The molecule has 8 aromatic carbocycles. The minimum absolute atomic E-state index is 0.0618. The van der Waals surface area contributed by atoms with Crippen LogP contribution in [-0.4, -0.2) is 127 Å². The predicted molar refractivity (Wildman–Crippen MR) is 487 cm³/mol. The molecule has 8 aromatic rings. The molecule has 3 saturated carbocycles. The van der Waals surface area contributed by atoms with Gasteiger partial charge in [0, 0.05) is 63.7 Å². The van der Waals surface area contributed by atoms with Crippen LogP contribution in [0, 0.1) is 88.2 Å². The second-order valence-corrected chi connectivity index (χ2v) is 35.0. The van der Waals surface area contributed by atoms with E-state index in [4.69, 9.17) is 116 Å². The molecule has 4 heterocycles. The van der Waals surface area contributed by atoms with E-state index in [9.17, 15) is 37.6 Å². The summed E-state index contributed by atoms with van der Waals surface area (Å²) in [6, 6.07) is 43.4. The third kappa shape index (κ3) is 17.9. The van der Waals surface area contributed by atoms with E-state index >= 15 is 0 Å². The maximum Gasteiger partial charge on any atom is 0.259 e. The second kappa shape index (κ2) is 35.0. The number of rotatable bonds is 21. The first-order chi connectivity index (χ1) is 58.5. The van der Waals surface area contributed by atoms with Crippen molar-refractivity contribution < 1.29 is 61.5 Å². The zero-order valence-electron chi connectivity index (χ0n) is 70.2. The van der Waals surface area contributed by atoms with Gasteiger partial charge in [-0.15, -0.1) is 0 Å². The van der Waals surface area contributed by atoms with E-state index in [2.05, 4.69) is 25.4 Å². The fourth-order valence-electron chi connectivity index (χ4n) is 14.4. The minimum atomic E-state index is -1.09. The van der Waals surface area contributed by atoms with Crippen LogP contribution in [0.5, 0.6) is 23.0 Å². The molecule has 0 unspecified atom stereocenters. The summed E-state index contributed by atoms with van der Waals surface area (Å²) >= 11 is 22.6. The lowest BCUT2D eigenvalue weighted by atomic mass is 10.0. The summed E-state index contributed by atoms with van der Waals surface area (Å²) in [5.41, 5.74) is 16.5. The summed E-state index contributed by atoms with van der Waals surface area (Å²) in [6.45, 7) is 50.2. The molecular weight excluding hydrogens is 1660 g/mol. The van der Waals surface area contributed by atoms with Crippen LogP contribution in [0.1, 0.15) is 116 Å². The van der Waals surface area contributed by atoms with Gasteiger partial charge in [0.2, 0.25) is 0 Å². The quantitative estimate of drug-likeness (QED) is 0.0385. The van der Waals surface area contributed by atoms with Crippen LogP contribution < -0.4 is 69.6 Å². The Bertz CT molecular complexity index is 5940. The lowest BCUT2D eigenvalue weighted by Gasteiger charge is -2.29. The van der Waals surface area contributed by atoms with Gasteiger partial charge in [-0.1, -0.05) is 24.3 Å². The summed E-state index contributed by atoms with van der Waals surface area (Å²) in [4.78, 5) is 79.3. The maximum absolute atomic E-state index is 14.8. The van der Waals surface area contributed by atoms with Crippen molar-refractivity contribution in [3.63, 3.8) is 0 Å². The number of amides is 4. The highest BCUT2D eigenvalue weighted by molar-refractivity contribution is 7.81. The first kappa shape index (κ1) is 90.7. The van der Waals surface area contributed by atoms with Gasteiger partial charge in [-0.25, -0.2) is 32.6 Å². The second-order valence-electron chi connectivity index (χ2n) is 33.5. The molecule has 7 aliphatic rings. The van der Waals surface area contributed by atoms with Gasteiger partial charge in [0.15, 0.2) is 77.9 Å². The molecule has 0 spiro atoms. The van der Waals surface area contributed by atoms with Gasteiger partial charge in [0.25, 0.3) is 23.6 Å². The van der Waals surface area contributed by atoms with Gasteiger partial charge in [0.1, 0.15) is 53.8 Å². The molecule has 32 heteroatoms. The molecule has 0 atom stereocenters. The highest BCUT2D eigenvalue weighted by Crippen LogP contribution is 2.48. The molecule has 25 nitrogen and oxygen atoms in total. The average molecular weight is 1750 g/mol. The van der Waals surface area contributed by atoms with E-state index in [0.29, 0.717) is 79.8 Å². The van der Waals surface area contributed by atoms with Crippen LogP contribution in [0.3, 0.4) is 0 Å². The van der Waals surface area contributed by atoms with E-state index in [1.807, 2.05) is 62.9 Å². The Morgan fingerprint density at radius 3 is 0.927 bits per heavy atom. The molecule has 3 aliphatic carbocycles. The number of hydrogen-bond acceptors (Lipinski definition) is 17. The molecule has 4 aliphatic heterocycles. The van der Waals surface area contributed by atoms with Gasteiger partial charge in [0.05, 0.1) is 62.1 Å². The van der Waals surface area contributed by atoms with Crippen LogP contribution in [0.2, 0.25) is 0 Å². The number of thiocarbonyl (C=S) groups is 4. The molecule has 0 radical (unpaired) electrons. The zero-order valence-corrected chi connectivity index (χ0v) is 73.5. The number of aliphatic hydroxyl groups is 2. The van der Waals surface area contributed by atoms with Gasteiger partial charge in [-0.05, 0) is 302 Å². The van der Waals surface area contributed by atoms with Crippen molar-refractivity contribution in [1.82, 2.24) is 0 Å². The van der Waals surface area contributed by atoms with Crippen LogP contribution in [-0.2, 0) is 19.2 Å². The number of ether oxygens (including phenoxy) is 4. The molecule has 7 fully saturated rings. The average Bonchev–Trinajstić information content (AvgIpc) is 1.60. The Balaban J connectivity index is 0.000000151. The number of nitrogens with two attached hydrogens (primary N) is 2. The number of halogens is 3. The highest BCUT2D eigenvalue weighted by Gasteiger charge is 2.55. The Labute approximate surface area is 739 Å². The molecular formula is C92H90F3N15O10S4. The fraction of sp³-hybridized carbons (Fsp3) is 0.337. The number of carbonyl (C=O) groups excluding carboxylic acids is 4. The normalized spacial score (nSPS) is 17.9. The van der Waals surface area contributed by atoms with Crippen molar-refractivity contribution in [2.75, 3.05) is 72.2 Å². The molecule has 124 heavy (non-hydrogen) atoms. The van der Waals surface area contributed by atoms with Crippen molar-refractivity contribution >= 4 is 161 Å². The maximum atomic E-state index is 14.8. The number of nitrogens with zero attached hydrogens (tertiary/aromatic N) is 13. The summed E-state index contributed by atoms with van der Waals surface area (Å²) < 4.78 is 66.4. The van der Waals surface area contributed by atoms with Crippen molar-refractivity contribution in [1.29, 1.82) is 5.26 Å². The number of carbonyl (C=O) groups is 4. The molecule has 0 aromatic heterocycles. The molecule has 0 bridgehead atoms. The molecule has 4 saturated heterocycles. The Kier molecular flexibility index (Phi) is 25.6. The summed E-state index contributed by atoms with van der Waals surface area (Å²) in [5, 5.41) is 28.5. The van der Waals surface area contributed by atoms with E-state index in [1.165, 1.54) is 51.1 Å². The van der Waals surface area contributed by atoms with Crippen LogP contribution in [0.15, 0.2) is 152 Å². The van der Waals surface area contributed by atoms with Gasteiger partial charge < -0.3 is 60.2 Å². The summed E-state index contributed by atoms with van der Waals surface area (Å²) in [5.74, 6) is -1.91. The smallest absolute Gasteiger partial charge is 0.259 e. The lowest BCUT2D eigenvalue weighted by Crippen LogP contribution is -2.44. The Morgan fingerprint density at radius 1 is 0.403 bits per heavy atom. The Hall–Kier alpha value is -12.5. The van der Waals surface area contributed by atoms with E-state index in [-0.39, 0.29) is 80.5 Å². The largest absolute Gasteiger partial charge is 0.492 e. The third-order valence-electron chi connectivity index (χ3n) is 22.6. The Morgan fingerprint density at radius 2 is 0.669 bits per heavy atom. The van der Waals surface area contributed by atoms with Crippen molar-refractivity contribution in [2.45, 2.75) is 161 Å². The van der Waals surface area contributed by atoms with Crippen LogP contribution in [0.4, 0.5) is 81.4 Å². The zero-order chi connectivity index (χ0) is 90.4. The van der Waals surface area contributed by atoms with E-state index < -0.39 is 64.3 Å². The van der Waals surface area contributed by atoms with Crippen LogP contribution in [0.25, 0.3) is 19.4 Å². The third-order valence-corrected chi connectivity index (χ3v) is 24.1. The first-order valence-electron chi connectivity index (χ1n) is 39.4. The highest BCUT2D eigenvalue weighted by atomic mass is 32.1. The monoisotopic (exact) mass is 1750 g/mol. The first-order valence-corrected chi connectivity index (χ1v) is 41.1. The minimum Gasteiger partial charge on any atom is -0.492 e. The molecule has 15 rings (SSSR count). The number of aryl methyl sites for hydroxylation is 4. The number of benzene rings is 8. The van der Waals surface area contributed by atoms with Crippen molar-refractivity contribution in [3.8, 4) is 29.1 Å². The van der Waals surface area contributed by atoms with Crippen LogP contribution >= 0.6 is 48.9 Å². The van der Waals surface area contributed by atoms with E-state index in [1.54, 1.807) is 160 Å². The SMILES string of the molecule is [C-]#[N+]c1ccc(N2C(=O)C(C)(C)N(c3ccc(OC(CO)CO)c(F)c3)C2=S)cc1C.[C-]#[N+]c1ccc(N2C(=O)C(C)(C)N(c3ccc(OCC4(C#N)CC4)c(F)c3)C2=S)cc1C.[C-]#[N+]c1ccc(N2C(=O)C(C)(C)N(c3ccc(OCC4(N)CC4)c(F)c3)C2=S)cc1C.[C-]#[N+]c1ccc(N2C(=O)C(C)(C)N(c3ccc(OCC4(N)CC4)cc3)C2=S)cc1C.